The number of aryl methyl sites for hydroxylation is 7. The lowest BCUT2D eigenvalue weighted by atomic mass is 9.75. The number of carbonyl (C=O) groups is 5. The molecule has 8 unspecified atom stereocenters. The fraction of sp³-hybridized carbons (Fsp3) is 0.458. The van der Waals surface area contributed by atoms with E-state index in [1.165, 1.54) is 76.9 Å². The van der Waals surface area contributed by atoms with E-state index in [2.05, 4.69) is 101 Å². The largest absolute Gasteiger partial charge is 0.486 e. The normalized spacial score (nSPS) is 17.3. The Morgan fingerprint density at radius 2 is 0.821 bits per heavy atom. The minimum Gasteiger partial charge on any atom is -0.486 e. The van der Waals surface area contributed by atoms with Gasteiger partial charge >= 0.3 is 0 Å². The van der Waals surface area contributed by atoms with Crippen LogP contribution in [0.4, 0.5) is 50.4 Å². The molecule has 0 heterocycles. The summed E-state index contributed by atoms with van der Waals surface area (Å²) in [7, 11) is 0. The van der Waals surface area contributed by atoms with E-state index >= 15 is 0 Å². The average Bonchev–Trinajstić information content (AvgIpc) is 0.788. The molecule has 5 N–H and O–H groups in total. The van der Waals surface area contributed by atoms with E-state index in [-0.39, 0.29) is 76.2 Å². The van der Waals surface area contributed by atoms with Crippen molar-refractivity contribution in [1.82, 2.24) is 0 Å². The number of halogens is 11. The van der Waals surface area contributed by atoms with Gasteiger partial charge in [0.05, 0.1) is 15.7 Å². The van der Waals surface area contributed by atoms with Gasteiger partial charge in [-0.25, -0.2) is 22.0 Å². The van der Waals surface area contributed by atoms with Gasteiger partial charge in [-0.3, -0.25) is 24.0 Å². The van der Waals surface area contributed by atoms with Crippen LogP contribution in [-0.4, -0.2) is 29.5 Å². The van der Waals surface area contributed by atoms with Crippen molar-refractivity contribution in [1.29, 1.82) is 0 Å². The Bertz CT molecular complexity index is 6120. The molecule has 10 aromatic rings. The molecule has 0 bridgehead atoms. The van der Waals surface area contributed by atoms with Gasteiger partial charge in [0.25, 0.3) is 0 Å². The Morgan fingerprint density at radius 3 is 1.32 bits per heavy atom. The van der Waals surface area contributed by atoms with Crippen molar-refractivity contribution in [2.45, 2.75) is 315 Å². The zero-order valence-electron chi connectivity index (χ0n) is 87.1. The highest BCUT2D eigenvalue weighted by molar-refractivity contribution is 6.42. The van der Waals surface area contributed by atoms with Crippen molar-refractivity contribution in [2.75, 3.05) is 26.6 Å². The number of hydrogen-bond donors (Lipinski definition) is 5. The number of amides is 5. The number of fused-ring (bicyclic) bond motifs is 5. The standard InChI is InChI=1S/C26H33Cl2NO.C25H29F2NO2.C24H29Cl2NO2.C23H27F2NO2.C22H24Cl2FNO2/c1-15(2)16(3)10-25(30)29-26-17(4)9-24-20(7-6-8-23(24)18(26)5)11-19-12-21(27)14-22(28)13-19;1-15(17-5-3-6-17)12-25(29)28-22-13-18-7-4-8-23(20(18)11-16(22)2)30-24-10-9-19(26)14-21(24)27;1-5-14(2)9-23(28)27-24-15(3)10-21-20(16(24)4)7-6-8-22(21)29-19-12-17(25)11-18(26)13-19;1-14-10-17-15(11-20(14)26-22(27)13-23(2,3)4)6-5-7-21(17)28-16-8-9-18(24)19(25)12-16;1-22(2,3)12-21(27)26-19-9-13-5-4-6-20(15(13)11-18(19)25)28-14-7-8-16(23)17(24)10-14/h9,12-16,20H,6-8,10-11H2,1-5H3,(H,29,30);9-11,13-15,17,23H,3-8,12H2,1-2H3,(H,28,29);10-14,22H,5-9H2,1-4H3,(H,27,28);8-12,21H,5-7,13H2,1-4H3,(H,26,27);7-11,20H,4-6,12H2,1-3H3,(H,26,27). The van der Waals surface area contributed by atoms with Gasteiger partial charge in [-0.05, 0) is 382 Å². The summed E-state index contributed by atoms with van der Waals surface area (Å²) in [6.45, 7) is 37.2. The SMILES string of the molecule is CC(C)(C)CC(=O)Nc1cc2c(cc1F)C(Oc1ccc(Cl)c(Cl)c1)CCC2.CCC(C)CC(=O)Nc1c(C)cc2c(c1C)CCCC2Oc1cc(Cl)cc(Cl)c1.Cc1cc2c(c(C)c1NC(=O)CC(C)C(C)C)CCCC2Cc1cc(Cl)cc(Cl)c1.Cc1cc2c(cc1NC(=O)CC(C)(C)C)CCCC2Oc1ccc(F)c(F)c1.Cc1cc2c(cc1NC(=O)CC(C)C1CCC1)CCCC2Oc1ccc(F)cc1F. The molecule has 8 atom stereocenters. The molecule has 0 spiro atoms. The third-order valence-corrected chi connectivity index (χ3v) is 30.2. The van der Waals surface area contributed by atoms with Crippen LogP contribution in [-0.2, 0) is 62.5 Å². The predicted octanol–water partition coefficient (Wildman–Crippen LogP) is 34.9. The highest BCUT2D eigenvalue weighted by Crippen LogP contribution is 2.47. The van der Waals surface area contributed by atoms with Gasteiger partial charge in [-0.1, -0.05) is 203 Å². The summed E-state index contributed by atoms with van der Waals surface area (Å²) in [5, 5.41) is 18.6. The summed E-state index contributed by atoms with van der Waals surface area (Å²) >= 11 is 36.7. The van der Waals surface area contributed by atoms with Gasteiger partial charge in [0.1, 0.15) is 53.3 Å². The molecule has 1 saturated carbocycles. The molecular formula is C120H142Cl6F5N5O9. The molecule has 16 rings (SSSR count). The minimum absolute atomic E-state index is 0.000877. The second-order valence-corrected chi connectivity index (χ2v) is 46.0. The van der Waals surface area contributed by atoms with E-state index < -0.39 is 29.1 Å². The van der Waals surface area contributed by atoms with E-state index in [4.69, 9.17) is 88.6 Å². The Kier molecular flexibility index (Phi) is 40.3. The van der Waals surface area contributed by atoms with Crippen LogP contribution in [0.15, 0.2) is 140 Å². The van der Waals surface area contributed by atoms with Crippen LogP contribution >= 0.6 is 69.6 Å². The molecule has 0 aromatic heterocycles. The van der Waals surface area contributed by atoms with Crippen LogP contribution in [0.3, 0.4) is 0 Å². The minimum atomic E-state index is -0.915. The van der Waals surface area contributed by atoms with Gasteiger partial charge in [-0.15, -0.1) is 0 Å². The Morgan fingerprint density at radius 1 is 0.379 bits per heavy atom. The molecule has 5 amide bonds. The van der Waals surface area contributed by atoms with Crippen molar-refractivity contribution in [3.8, 4) is 23.0 Å². The van der Waals surface area contributed by atoms with Crippen LogP contribution in [0.1, 0.15) is 330 Å². The second kappa shape index (κ2) is 51.4. The number of hydrogen-bond acceptors (Lipinski definition) is 9. The van der Waals surface area contributed by atoms with Crippen LogP contribution in [0.5, 0.6) is 23.0 Å². The van der Waals surface area contributed by atoms with Crippen molar-refractivity contribution in [3.63, 3.8) is 0 Å². The van der Waals surface area contributed by atoms with Crippen LogP contribution < -0.4 is 45.5 Å². The summed E-state index contributed by atoms with van der Waals surface area (Å²) < 4.78 is 92.8. The first-order valence-electron chi connectivity index (χ1n) is 51.4. The third-order valence-electron chi connectivity index (χ3n) is 28.6. The zero-order valence-corrected chi connectivity index (χ0v) is 91.6. The lowest BCUT2D eigenvalue weighted by Gasteiger charge is -2.31. The number of benzene rings is 10. The monoisotopic (exact) mass is 2100 g/mol. The van der Waals surface area contributed by atoms with E-state index in [0.717, 1.165) is 211 Å². The summed E-state index contributed by atoms with van der Waals surface area (Å²) in [4.78, 5) is 62.1. The van der Waals surface area contributed by atoms with Gasteiger partial charge in [0, 0.05) is 93.1 Å². The van der Waals surface area contributed by atoms with E-state index in [9.17, 15) is 45.9 Å². The predicted molar refractivity (Wildman–Crippen MR) is 582 cm³/mol. The Labute approximate surface area is 884 Å². The molecule has 0 radical (unpaired) electrons. The van der Waals surface area contributed by atoms with Gasteiger partial charge in [-0.2, -0.15) is 0 Å². The van der Waals surface area contributed by atoms with Crippen molar-refractivity contribution < 1.29 is 64.9 Å². The lowest BCUT2D eigenvalue weighted by molar-refractivity contribution is -0.118. The topological polar surface area (TPSA) is 182 Å². The van der Waals surface area contributed by atoms with Gasteiger partial charge < -0.3 is 45.5 Å². The van der Waals surface area contributed by atoms with Crippen molar-refractivity contribution >= 4 is 128 Å². The number of nitrogens with one attached hydrogen (secondary N) is 5. The molecule has 0 aliphatic heterocycles. The fourth-order valence-corrected chi connectivity index (χ4v) is 21.5. The first-order valence-corrected chi connectivity index (χ1v) is 53.6. The van der Waals surface area contributed by atoms with E-state index in [1.54, 1.807) is 48.5 Å². The molecule has 1 fully saturated rings. The molecule has 10 aromatic carbocycles. The van der Waals surface area contributed by atoms with E-state index in [0.29, 0.717) is 115 Å². The van der Waals surface area contributed by atoms with Crippen LogP contribution in [0.2, 0.25) is 30.1 Å². The van der Waals surface area contributed by atoms with Crippen LogP contribution in [0.25, 0.3) is 0 Å². The first kappa shape index (κ1) is 114. The Balaban J connectivity index is 0.000000161. The summed E-state index contributed by atoms with van der Waals surface area (Å²) in [5.41, 5.74) is 22.7. The number of ether oxygens (including phenoxy) is 4. The van der Waals surface area contributed by atoms with E-state index in [1.807, 2.05) is 98.7 Å². The summed E-state index contributed by atoms with van der Waals surface area (Å²) in [5.74, 6) is 0.979. The van der Waals surface area contributed by atoms with Crippen molar-refractivity contribution in [2.24, 2.45) is 40.4 Å². The molecule has 145 heavy (non-hydrogen) atoms. The van der Waals surface area contributed by atoms with Gasteiger partial charge in [0.2, 0.25) is 29.5 Å². The lowest BCUT2D eigenvalue weighted by Crippen LogP contribution is -2.25. The number of anilines is 5. The maximum absolute atomic E-state index is 14.7. The zero-order chi connectivity index (χ0) is 105. The van der Waals surface area contributed by atoms with Gasteiger partial charge in [0.15, 0.2) is 23.2 Å². The third kappa shape index (κ3) is 32.3. The quantitative estimate of drug-likeness (QED) is 0.0330. The maximum Gasteiger partial charge on any atom is 0.224 e. The highest BCUT2D eigenvalue weighted by atomic mass is 35.5. The van der Waals surface area contributed by atoms with Crippen LogP contribution in [0, 0.1) is 111 Å². The molecule has 6 aliphatic carbocycles. The number of carbonyl (C=O) groups excluding carboxylic acids is 5. The van der Waals surface area contributed by atoms with Crippen molar-refractivity contribution in [3.05, 3.63) is 293 Å². The fourth-order valence-electron chi connectivity index (χ4n) is 20.1. The summed E-state index contributed by atoms with van der Waals surface area (Å²) in [6.07, 6.45) is 21.4. The smallest absolute Gasteiger partial charge is 0.224 e. The second-order valence-electron chi connectivity index (χ2n) is 43.4. The molecule has 14 nitrogen and oxygen atoms in total. The molecular weight excluding hydrogens is 1960 g/mol. The molecule has 778 valence electrons. The molecule has 0 saturated heterocycles. The maximum atomic E-state index is 14.7. The molecule has 25 heteroatoms. The first-order chi connectivity index (χ1) is 68.6. The summed E-state index contributed by atoms with van der Waals surface area (Å²) in [6, 6.07) is 39.0. The Hall–Kier alpha value is -9.86. The average molecular weight is 2110 g/mol. The highest BCUT2D eigenvalue weighted by Gasteiger charge is 2.34. The molecule has 6 aliphatic rings. The number of rotatable bonds is 26.